The number of carboxylic acids is 4. The lowest BCUT2D eigenvalue weighted by atomic mass is 10.4. The second-order valence-electron chi connectivity index (χ2n) is 4.44. The summed E-state index contributed by atoms with van der Waals surface area (Å²) in [5, 5.41) is 41.0. The van der Waals surface area contributed by atoms with Gasteiger partial charge in [-0.1, -0.05) is 0 Å². The molecule has 0 fully saturated rings. The molecule has 0 aliphatic carbocycles. The van der Waals surface area contributed by atoms with Gasteiger partial charge in [-0.2, -0.15) is 8.42 Å². The maximum Gasteiger partial charge on any atom is 0.394 e. The van der Waals surface area contributed by atoms with Gasteiger partial charge in [-0.15, -0.1) is 0 Å². The zero-order valence-corrected chi connectivity index (χ0v) is 14.5. The number of rotatable bonds is 11. The van der Waals surface area contributed by atoms with Crippen LogP contribution in [0.4, 0.5) is 0 Å². The SMILES string of the molecule is NO.O=C(O)CN(CCN(CC(=O)O)CC(=O)O)CC(=O)O.O=S(=O)(O)O. The van der Waals surface area contributed by atoms with E-state index in [1.165, 1.54) is 0 Å². The van der Waals surface area contributed by atoms with Crippen molar-refractivity contribution in [3.8, 4) is 0 Å². The largest absolute Gasteiger partial charge is 0.480 e. The average Bonchev–Trinajstić information content (AvgIpc) is 2.42. The zero-order chi connectivity index (χ0) is 22.2. The lowest BCUT2D eigenvalue weighted by Crippen LogP contribution is -2.43. The van der Waals surface area contributed by atoms with Crippen molar-refractivity contribution >= 4 is 34.3 Å². The van der Waals surface area contributed by atoms with Crippen LogP contribution in [0.1, 0.15) is 0 Å². The fourth-order valence-corrected chi connectivity index (χ4v) is 1.48. The summed E-state index contributed by atoms with van der Waals surface area (Å²) in [5.74, 6) is -1.41. The van der Waals surface area contributed by atoms with E-state index in [0.717, 1.165) is 9.80 Å². The maximum absolute atomic E-state index is 10.6. The number of carboxylic acid groups (broad SMARTS) is 4. The molecule has 0 radical (unpaired) electrons. The lowest BCUT2D eigenvalue weighted by Gasteiger charge is -2.23. The van der Waals surface area contributed by atoms with E-state index in [9.17, 15) is 19.2 Å². The van der Waals surface area contributed by atoms with E-state index in [1.54, 1.807) is 0 Å². The van der Waals surface area contributed by atoms with Crippen molar-refractivity contribution < 1.29 is 62.3 Å². The highest BCUT2D eigenvalue weighted by molar-refractivity contribution is 7.79. The minimum Gasteiger partial charge on any atom is -0.480 e. The first kappa shape index (κ1) is 29.4. The van der Waals surface area contributed by atoms with Crippen molar-refractivity contribution in [2.24, 2.45) is 5.90 Å². The van der Waals surface area contributed by atoms with Crippen molar-refractivity contribution in [1.29, 1.82) is 0 Å². The van der Waals surface area contributed by atoms with E-state index in [0.29, 0.717) is 0 Å². The number of nitrogens with zero attached hydrogens (tertiary/aromatic N) is 2. The molecule has 0 aromatic rings. The quantitative estimate of drug-likeness (QED) is 0.119. The van der Waals surface area contributed by atoms with E-state index >= 15 is 0 Å². The van der Waals surface area contributed by atoms with Gasteiger partial charge in [0, 0.05) is 13.1 Å². The Balaban J connectivity index is -0.000000705. The molecule has 0 heterocycles. The monoisotopic (exact) mass is 423 g/mol. The molecule has 0 saturated carbocycles. The molecule has 0 spiro atoms. The molecule has 0 saturated heterocycles. The van der Waals surface area contributed by atoms with E-state index in [1.807, 2.05) is 0 Å². The fourth-order valence-electron chi connectivity index (χ4n) is 1.48. The van der Waals surface area contributed by atoms with Crippen LogP contribution in [0.5, 0.6) is 0 Å². The summed E-state index contributed by atoms with van der Waals surface area (Å²) in [4.78, 5) is 44.4. The van der Waals surface area contributed by atoms with Crippen molar-refractivity contribution in [3.05, 3.63) is 0 Å². The van der Waals surface area contributed by atoms with Crippen molar-refractivity contribution in [2.75, 3.05) is 39.3 Å². The van der Waals surface area contributed by atoms with E-state index in [4.69, 9.17) is 43.2 Å². The average molecular weight is 423 g/mol. The van der Waals surface area contributed by atoms with Crippen LogP contribution in [0.3, 0.4) is 0 Å². The van der Waals surface area contributed by atoms with Gasteiger partial charge in [0.15, 0.2) is 0 Å². The van der Waals surface area contributed by atoms with E-state index in [2.05, 4.69) is 5.90 Å². The van der Waals surface area contributed by atoms with Crippen LogP contribution in [0, 0.1) is 0 Å². The first-order valence-electron chi connectivity index (χ1n) is 6.48. The maximum atomic E-state index is 10.6. The molecule has 0 aromatic carbocycles. The van der Waals surface area contributed by atoms with E-state index < -0.39 is 60.5 Å². The van der Waals surface area contributed by atoms with Crippen LogP contribution >= 0.6 is 0 Å². The third-order valence-electron chi connectivity index (χ3n) is 2.17. The molecule has 0 bridgehead atoms. The first-order chi connectivity index (χ1) is 12.2. The molecule has 0 atom stereocenters. The van der Waals surface area contributed by atoms with Gasteiger partial charge in [0.25, 0.3) is 0 Å². The highest BCUT2D eigenvalue weighted by Crippen LogP contribution is 1.94. The molecule has 0 rings (SSSR count). The van der Waals surface area contributed by atoms with Crippen molar-refractivity contribution in [3.63, 3.8) is 0 Å². The van der Waals surface area contributed by atoms with Crippen LogP contribution in [-0.2, 0) is 29.6 Å². The molecular weight excluding hydrogens is 402 g/mol. The Labute approximate surface area is 152 Å². The highest BCUT2D eigenvalue weighted by atomic mass is 32.3. The molecule has 0 aromatic heterocycles. The van der Waals surface area contributed by atoms with Gasteiger partial charge < -0.3 is 25.6 Å². The summed E-state index contributed by atoms with van der Waals surface area (Å²) in [6.07, 6.45) is 0. The number of nitrogens with two attached hydrogens (primary N) is 1. The Morgan fingerprint density at radius 1 is 0.630 bits per heavy atom. The summed E-state index contributed by atoms with van der Waals surface area (Å²) < 4.78 is 31.6. The lowest BCUT2D eigenvalue weighted by molar-refractivity contribution is -0.145. The standard InChI is InChI=1S/C10H16N2O8.H3NO.H2O4S/c13-7(14)3-11(4-8(15)16)1-2-12(5-9(17)18)6-10(19)20;1-2;1-5(2,3)4/h1-6H2,(H,13,14)(H,15,16)(H,17,18)(H,19,20);2H,1H2;(H2,1,2,3,4). The molecule has 16 nitrogen and oxygen atoms in total. The Kier molecular flexibility index (Phi) is 17.2. The Morgan fingerprint density at radius 3 is 0.889 bits per heavy atom. The molecule has 160 valence electrons. The molecular formula is C10H21N3O13S. The molecule has 0 aliphatic heterocycles. The van der Waals surface area contributed by atoms with Crippen LogP contribution in [0.25, 0.3) is 0 Å². The highest BCUT2D eigenvalue weighted by Gasteiger charge is 2.17. The molecule has 9 N–H and O–H groups in total. The number of hydrogen-bond acceptors (Lipinski definition) is 10. The van der Waals surface area contributed by atoms with Gasteiger partial charge >= 0.3 is 34.3 Å². The topological polar surface area (TPSA) is 277 Å². The summed E-state index contributed by atoms with van der Waals surface area (Å²) >= 11 is 0. The first-order valence-corrected chi connectivity index (χ1v) is 7.88. The smallest absolute Gasteiger partial charge is 0.394 e. The van der Waals surface area contributed by atoms with Crippen LogP contribution < -0.4 is 5.90 Å². The number of carbonyl (C=O) groups is 4. The third-order valence-corrected chi connectivity index (χ3v) is 2.17. The van der Waals surface area contributed by atoms with Crippen molar-refractivity contribution in [2.45, 2.75) is 0 Å². The molecule has 27 heavy (non-hydrogen) atoms. The second kappa shape index (κ2) is 15.8. The fraction of sp³-hybridized carbons (Fsp3) is 0.600. The molecule has 0 amide bonds. The minimum atomic E-state index is -4.67. The Bertz CT molecular complexity index is 503. The van der Waals surface area contributed by atoms with Gasteiger partial charge in [-0.05, 0) is 0 Å². The normalized spacial score (nSPS) is 10.3. The zero-order valence-electron chi connectivity index (χ0n) is 13.7. The van der Waals surface area contributed by atoms with Gasteiger partial charge in [0.05, 0.1) is 26.2 Å². The van der Waals surface area contributed by atoms with Crippen LogP contribution in [0.2, 0.25) is 0 Å². The van der Waals surface area contributed by atoms with Gasteiger partial charge in [0.1, 0.15) is 0 Å². The van der Waals surface area contributed by atoms with Gasteiger partial charge in [0.2, 0.25) is 0 Å². The van der Waals surface area contributed by atoms with Gasteiger partial charge in [-0.25, -0.2) is 5.90 Å². The summed E-state index contributed by atoms with van der Waals surface area (Å²) in [5.41, 5.74) is 0. The predicted octanol–water partition coefficient (Wildman–Crippen LogP) is -3.39. The van der Waals surface area contributed by atoms with Crippen LogP contribution in [-0.4, -0.2) is 116 Å². The predicted molar refractivity (Wildman–Crippen MR) is 83.6 cm³/mol. The summed E-state index contributed by atoms with van der Waals surface area (Å²) in [6, 6.07) is 0. The van der Waals surface area contributed by atoms with E-state index in [-0.39, 0.29) is 13.1 Å². The molecule has 17 heteroatoms. The summed E-state index contributed by atoms with van der Waals surface area (Å²) in [7, 11) is -4.67. The van der Waals surface area contributed by atoms with Gasteiger partial charge in [-0.3, -0.25) is 38.1 Å². The number of hydrogen-bond donors (Lipinski definition) is 8. The molecule has 0 unspecified atom stereocenters. The van der Waals surface area contributed by atoms with Crippen molar-refractivity contribution in [1.82, 2.24) is 9.80 Å². The summed E-state index contributed by atoms with van der Waals surface area (Å²) in [6.45, 7) is -2.25. The Hall–Kier alpha value is -2.41. The Morgan fingerprint density at radius 2 is 0.778 bits per heavy atom. The second-order valence-corrected chi connectivity index (χ2v) is 5.34. The van der Waals surface area contributed by atoms with Crippen LogP contribution in [0.15, 0.2) is 0 Å². The molecule has 0 aliphatic rings. The number of aliphatic carboxylic acids is 4. The minimum absolute atomic E-state index is 0.0703. The third kappa shape index (κ3) is 31.8.